The van der Waals surface area contributed by atoms with Gasteiger partial charge in [-0.1, -0.05) is 36.4 Å². The lowest BCUT2D eigenvalue weighted by molar-refractivity contribution is -0.116. The molecule has 0 heterocycles. The lowest BCUT2D eigenvalue weighted by Gasteiger charge is -2.13. The molecule has 0 radical (unpaired) electrons. The van der Waals surface area contributed by atoms with E-state index in [9.17, 15) is 13.2 Å². The first-order valence-corrected chi connectivity index (χ1v) is 10.7. The zero-order valence-electron chi connectivity index (χ0n) is 16.1. The highest BCUT2D eigenvalue weighted by Gasteiger charge is 2.21. The normalized spacial score (nSPS) is 11.1. The van der Waals surface area contributed by atoms with Crippen molar-refractivity contribution in [3.8, 4) is 5.75 Å². The molecule has 9 heteroatoms. The van der Waals surface area contributed by atoms with Crippen LogP contribution in [0.25, 0.3) is 6.08 Å². The molecule has 0 aliphatic carbocycles. The third kappa shape index (κ3) is 6.88. The largest absolute Gasteiger partial charge is 0.495 e. The highest BCUT2D eigenvalue weighted by molar-refractivity contribution is 7.92. The van der Waals surface area contributed by atoms with Gasteiger partial charge in [-0.25, -0.2) is 8.42 Å². The second-order valence-electron chi connectivity index (χ2n) is 5.95. The molecule has 29 heavy (non-hydrogen) atoms. The molecule has 3 N–H and O–H groups in total. The van der Waals surface area contributed by atoms with E-state index >= 15 is 0 Å². The zero-order valence-corrected chi connectivity index (χ0v) is 17.8. The zero-order chi connectivity index (χ0) is 21.3. The molecule has 0 bridgehead atoms. The molecule has 2 aromatic carbocycles. The Kier molecular flexibility index (Phi) is 8.17. The van der Waals surface area contributed by atoms with Crippen LogP contribution in [-0.2, 0) is 21.2 Å². The Labute approximate surface area is 176 Å². The Morgan fingerprint density at radius 2 is 1.90 bits per heavy atom. The number of thiocarbonyl (C=S) groups is 1. The van der Waals surface area contributed by atoms with Crippen molar-refractivity contribution in [1.82, 2.24) is 15.4 Å². The van der Waals surface area contributed by atoms with Crippen molar-refractivity contribution in [3.05, 3.63) is 65.7 Å². The minimum atomic E-state index is -3.89. The van der Waals surface area contributed by atoms with Gasteiger partial charge >= 0.3 is 0 Å². The number of hydrogen-bond acceptors (Lipinski definition) is 5. The quantitative estimate of drug-likeness (QED) is 0.434. The molecule has 0 spiro atoms. The van der Waals surface area contributed by atoms with E-state index in [2.05, 4.69) is 15.4 Å². The van der Waals surface area contributed by atoms with Gasteiger partial charge in [-0.3, -0.25) is 9.52 Å². The number of carbonyl (C=O) groups is 1. The molecule has 0 aromatic heterocycles. The molecule has 0 unspecified atom stereocenters. The molecule has 0 aliphatic heterocycles. The molecular formula is C20H23N3O4S2. The van der Waals surface area contributed by atoms with Gasteiger partial charge in [0.25, 0.3) is 10.0 Å². The van der Waals surface area contributed by atoms with E-state index in [4.69, 9.17) is 17.0 Å². The predicted molar refractivity (Wildman–Crippen MR) is 117 cm³/mol. The van der Waals surface area contributed by atoms with Gasteiger partial charge < -0.3 is 15.4 Å². The van der Waals surface area contributed by atoms with Crippen molar-refractivity contribution in [1.29, 1.82) is 0 Å². The van der Waals surface area contributed by atoms with Crippen LogP contribution < -0.4 is 20.1 Å². The summed E-state index contributed by atoms with van der Waals surface area (Å²) in [4.78, 5) is 11.9. The number of benzene rings is 2. The lowest BCUT2D eigenvalue weighted by Crippen LogP contribution is -2.37. The van der Waals surface area contributed by atoms with Crippen LogP contribution in [0.3, 0.4) is 0 Å². The first-order chi connectivity index (χ1) is 13.9. The molecule has 0 atom stereocenters. The Morgan fingerprint density at radius 3 is 2.55 bits per heavy atom. The highest BCUT2D eigenvalue weighted by Crippen LogP contribution is 2.25. The summed E-state index contributed by atoms with van der Waals surface area (Å²) in [6, 6.07) is 14.3. The van der Waals surface area contributed by atoms with Crippen molar-refractivity contribution in [2.45, 2.75) is 11.3 Å². The van der Waals surface area contributed by atoms with Gasteiger partial charge in [-0.05, 0) is 48.0 Å². The fraction of sp³-hybridized carbons (Fsp3) is 0.200. The number of ether oxygens (including phenoxy) is 1. The molecule has 0 saturated heterocycles. The van der Waals surface area contributed by atoms with E-state index < -0.39 is 10.0 Å². The number of nitrogens with one attached hydrogen (secondary N) is 3. The smallest absolute Gasteiger partial charge is 0.267 e. The van der Waals surface area contributed by atoms with Gasteiger partial charge in [-0.2, -0.15) is 0 Å². The number of rotatable bonds is 8. The topological polar surface area (TPSA) is 96.5 Å². The molecule has 0 aliphatic rings. The summed E-state index contributed by atoms with van der Waals surface area (Å²) in [6.45, 7) is 0.353. The van der Waals surface area contributed by atoms with E-state index in [0.29, 0.717) is 13.0 Å². The van der Waals surface area contributed by atoms with Crippen LogP contribution in [-0.4, -0.2) is 40.1 Å². The van der Waals surface area contributed by atoms with Crippen LogP contribution in [0.15, 0.2) is 59.5 Å². The van der Waals surface area contributed by atoms with E-state index in [-0.39, 0.29) is 21.7 Å². The van der Waals surface area contributed by atoms with Gasteiger partial charge in [0.05, 0.1) is 7.11 Å². The maximum atomic E-state index is 12.5. The molecule has 154 valence electrons. The third-order valence-electron chi connectivity index (χ3n) is 3.91. The van der Waals surface area contributed by atoms with Crippen LogP contribution in [0.4, 0.5) is 0 Å². The predicted octanol–water partition coefficient (Wildman–Crippen LogP) is 1.85. The van der Waals surface area contributed by atoms with Gasteiger partial charge in [0.1, 0.15) is 10.6 Å². The second kappa shape index (κ2) is 10.6. The first-order valence-electron chi connectivity index (χ1n) is 8.78. The monoisotopic (exact) mass is 433 g/mol. The molecule has 0 fully saturated rings. The van der Waals surface area contributed by atoms with E-state index in [1.165, 1.54) is 26.3 Å². The maximum Gasteiger partial charge on any atom is 0.267 e. The number of amides is 1. The average molecular weight is 434 g/mol. The van der Waals surface area contributed by atoms with Crippen molar-refractivity contribution in [2.75, 3.05) is 20.7 Å². The van der Waals surface area contributed by atoms with Gasteiger partial charge in [0, 0.05) is 19.7 Å². The summed E-state index contributed by atoms with van der Waals surface area (Å²) in [5, 5.41) is 5.32. The lowest BCUT2D eigenvalue weighted by atomic mass is 10.1. The van der Waals surface area contributed by atoms with Crippen LogP contribution in [0.5, 0.6) is 5.75 Å². The van der Waals surface area contributed by atoms with Gasteiger partial charge in [0.15, 0.2) is 5.11 Å². The fourth-order valence-corrected chi connectivity index (χ4v) is 3.95. The van der Waals surface area contributed by atoms with Gasteiger partial charge in [0.2, 0.25) is 5.91 Å². The Hall–Kier alpha value is -2.91. The van der Waals surface area contributed by atoms with Crippen molar-refractivity contribution in [3.63, 3.8) is 0 Å². The summed E-state index contributed by atoms with van der Waals surface area (Å²) in [5.74, 6) is -0.0220. The minimum absolute atomic E-state index is 0.0186. The highest BCUT2D eigenvalue weighted by atomic mass is 32.2. The first kappa shape index (κ1) is 22.4. The Morgan fingerprint density at radius 1 is 1.17 bits per heavy atom. The van der Waals surface area contributed by atoms with Crippen LogP contribution in [0, 0.1) is 0 Å². The van der Waals surface area contributed by atoms with Gasteiger partial charge in [-0.15, -0.1) is 0 Å². The number of methoxy groups -OCH3 is 1. The Balaban J connectivity index is 2.01. The van der Waals surface area contributed by atoms with Crippen molar-refractivity contribution in [2.24, 2.45) is 0 Å². The molecule has 2 aromatic rings. The summed E-state index contributed by atoms with van der Waals surface area (Å²) in [5.41, 5.74) is 1.66. The van der Waals surface area contributed by atoms with E-state index in [0.717, 1.165) is 11.1 Å². The summed E-state index contributed by atoms with van der Waals surface area (Å²) in [7, 11) is -0.981. The minimum Gasteiger partial charge on any atom is -0.495 e. The molecule has 0 saturated carbocycles. The number of carbonyl (C=O) groups excluding carboxylic acids is 1. The average Bonchev–Trinajstić information content (AvgIpc) is 2.72. The fourth-order valence-electron chi connectivity index (χ4n) is 2.44. The van der Waals surface area contributed by atoms with E-state index in [1.54, 1.807) is 18.2 Å². The molecule has 1 amide bonds. The van der Waals surface area contributed by atoms with Crippen molar-refractivity contribution >= 4 is 39.3 Å². The van der Waals surface area contributed by atoms with Crippen LogP contribution in [0.2, 0.25) is 0 Å². The second-order valence-corrected chi connectivity index (χ2v) is 8.01. The summed E-state index contributed by atoms with van der Waals surface area (Å²) >= 11 is 4.88. The number of sulfonamides is 1. The molecule has 2 rings (SSSR count). The number of hydrogen-bond donors (Lipinski definition) is 3. The van der Waals surface area contributed by atoms with E-state index in [1.807, 2.05) is 30.3 Å². The van der Waals surface area contributed by atoms with Crippen LogP contribution in [0.1, 0.15) is 11.1 Å². The third-order valence-corrected chi connectivity index (χ3v) is 5.72. The summed E-state index contributed by atoms with van der Waals surface area (Å²) < 4.78 is 32.5. The standard InChI is InChI=1S/C20H23N3O4S2/c1-21-20(28)23-29(25,26)18-14-16(8-10-17(18)27-2)12-13-22-19(24)11-9-15-6-4-3-5-7-15/h3-11,14H,12-13H2,1-2H3,(H,22,24)(H2,21,23,28)/b11-9+. The summed E-state index contributed by atoms with van der Waals surface area (Å²) in [6.07, 6.45) is 3.64. The van der Waals surface area contributed by atoms with Crippen molar-refractivity contribution < 1.29 is 17.9 Å². The molecule has 7 nitrogen and oxygen atoms in total. The maximum absolute atomic E-state index is 12.5. The SMILES string of the molecule is CNC(=S)NS(=O)(=O)c1cc(CCNC(=O)/C=C/c2ccccc2)ccc1OC. The van der Waals surface area contributed by atoms with Crippen LogP contribution >= 0.6 is 12.2 Å². The molecular weight excluding hydrogens is 410 g/mol. The Bertz CT molecular complexity index is 990.